The first-order chi connectivity index (χ1) is 21.4. The highest BCUT2D eigenvalue weighted by Crippen LogP contribution is 2.43. The number of carbonyl (C=O) groups is 2. The van der Waals surface area contributed by atoms with Crippen molar-refractivity contribution in [2.45, 2.75) is 52.0 Å². The van der Waals surface area contributed by atoms with Gasteiger partial charge in [-0.3, -0.25) is 9.59 Å². The minimum atomic E-state index is -0.816. The van der Waals surface area contributed by atoms with E-state index in [0.29, 0.717) is 61.8 Å². The molecule has 2 aliphatic rings. The summed E-state index contributed by atoms with van der Waals surface area (Å²) in [7, 11) is 0. The summed E-state index contributed by atoms with van der Waals surface area (Å²) >= 11 is 0. The Hall–Kier alpha value is -5.05. The Labute approximate surface area is 256 Å². The standard InChI is InChI=1S/C35H35N3O6/c1-3-42-30-20-25(10-13-29(30)43-21-24-8-5-4-6-9-24)32-31(33(39)26-11-12-28-27(19-26)18-23(2)44-28)34(40)35(41)38(32)16-7-15-37-17-14-36-22-37/h4-6,8-14,17,19-20,22-23,32,39H,3,7,15-16,18,21H2,1-2H3/t23-,32+/m0/s1. The average molecular weight is 594 g/mol. The zero-order chi connectivity index (χ0) is 30.6. The van der Waals surface area contributed by atoms with Crippen LogP contribution in [0.25, 0.3) is 5.76 Å². The van der Waals surface area contributed by atoms with Gasteiger partial charge in [-0.25, -0.2) is 4.98 Å². The van der Waals surface area contributed by atoms with E-state index in [9.17, 15) is 14.7 Å². The van der Waals surface area contributed by atoms with Gasteiger partial charge in [-0.05, 0) is 67.3 Å². The maximum absolute atomic E-state index is 13.6. The van der Waals surface area contributed by atoms with Gasteiger partial charge in [-0.1, -0.05) is 36.4 Å². The molecule has 0 spiro atoms. The number of likely N-dealkylation sites (tertiary alicyclic amines) is 1. The number of fused-ring (bicyclic) bond motifs is 1. The average Bonchev–Trinajstić information content (AvgIpc) is 3.75. The van der Waals surface area contributed by atoms with Crippen molar-refractivity contribution in [3.8, 4) is 17.2 Å². The van der Waals surface area contributed by atoms with Crippen molar-refractivity contribution >= 4 is 17.4 Å². The van der Waals surface area contributed by atoms with Crippen LogP contribution < -0.4 is 14.2 Å². The predicted molar refractivity (Wildman–Crippen MR) is 164 cm³/mol. The van der Waals surface area contributed by atoms with E-state index in [1.807, 2.05) is 67.1 Å². The monoisotopic (exact) mass is 593 g/mol. The number of Topliss-reactive ketones (excluding diaryl/α,β-unsaturated/α-hetero) is 1. The van der Waals surface area contributed by atoms with Gasteiger partial charge in [0.05, 0.1) is 24.5 Å². The first kappa shape index (κ1) is 29.0. The molecule has 0 aliphatic carbocycles. The lowest BCUT2D eigenvalue weighted by molar-refractivity contribution is -0.139. The fraction of sp³-hybridized carbons (Fsp3) is 0.286. The van der Waals surface area contributed by atoms with Gasteiger partial charge in [-0.15, -0.1) is 0 Å². The number of hydrogen-bond acceptors (Lipinski definition) is 7. The normalized spacial score (nSPS) is 18.7. The molecule has 4 aromatic rings. The lowest BCUT2D eigenvalue weighted by atomic mass is 9.94. The molecule has 9 heteroatoms. The zero-order valence-corrected chi connectivity index (χ0v) is 24.8. The van der Waals surface area contributed by atoms with Crippen LogP contribution in [-0.2, 0) is 29.2 Å². The first-order valence-corrected chi connectivity index (χ1v) is 14.9. The van der Waals surface area contributed by atoms with Crippen LogP contribution in [0, 0.1) is 0 Å². The molecule has 1 fully saturated rings. The summed E-state index contributed by atoms with van der Waals surface area (Å²) in [6.07, 6.45) is 6.59. The highest BCUT2D eigenvalue weighted by Gasteiger charge is 2.46. The number of hydrogen-bond donors (Lipinski definition) is 1. The molecule has 3 aromatic carbocycles. The fourth-order valence-corrected chi connectivity index (χ4v) is 5.84. The van der Waals surface area contributed by atoms with Crippen molar-refractivity contribution in [2.75, 3.05) is 13.2 Å². The molecule has 1 aromatic heterocycles. The summed E-state index contributed by atoms with van der Waals surface area (Å²) in [5.74, 6) is 0.219. The summed E-state index contributed by atoms with van der Waals surface area (Å²) in [5.41, 5.74) is 3.12. The van der Waals surface area contributed by atoms with E-state index in [0.717, 1.165) is 16.9 Å². The van der Waals surface area contributed by atoms with Crippen molar-refractivity contribution < 1.29 is 28.9 Å². The molecular weight excluding hydrogens is 558 g/mol. The quantitative estimate of drug-likeness (QED) is 0.135. The second-order valence-electron chi connectivity index (χ2n) is 11.0. The van der Waals surface area contributed by atoms with E-state index in [-0.39, 0.29) is 17.4 Å². The van der Waals surface area contributed by atoms with Crippen LogP contribution >= 0.6 is 0 Å². The molecular formula is C35H35N3O6. The lowest BCUT2D eigenvalue weighted by Gasteiger charge is -2.26. The minimum absolute atomic E-state index is 0.0306. The number of aromatic nitrogens is 2. The highest BCUT2D eigenvalue weighted by molar-refractivity contribution is 6.46. The molecule has 1 saturated heterocycles. The molecule has 9 nitrogen and oxygen atoms in total. The van der Waals surface area contributed by atoms with Crippen LogP contribution in [0.2, 0.25) is 0 Å². The molecule has 1 N–H and O–H groups in total. The van der Waals surface area contributed by atoms with Gasteiger partial charge in [0, 0.05) is 37.5 Å². The highest BCUT2D eigenvalue weighted by atomic mass is 16.5. The molecule has 226 valence electrons. The van der Waals surface area contributed by atoms with E-state index < -0.39 is 17.7 Å². The number of rotatable bonds is 11. The second-order valence-corrected chi connectivity index (χ2v) is 11.0. The topological polar surface area (TPSA) is 103 Å². The van der Waals surface area contributed by atoms with E-state index in [1.165, 1.54) is 0 Å². The molecule has 0 unspecified atom stereocenters. The molecule has 2 aliphatic heterocycles. The Kier molecular flexibility index (Phi) is 8.36. The SMILES string of the molecule is CCOc1cc([C@@H]2C(=C(O)c3ccc4c(c3)C[C@H](C)O4)C(=O)C(=O)N2CCCn2ccnc2)ccc1OCc1ccccc1. The molecule has 0 saturated carbocycles. The van der Waals surface area contributed by atoms with E-state index >= 15 is 0 Å². The molecule has 44 heavy (non-hydrogen) atoms. The number of amides is 1. The number of imidazole rings is 1. The molecule has 1 amide bonds. The summed E-state index contributed by atoms with van der Waals surface area (Å²) in [6.45, 7) is 5.54. The summed E-state index contributed by atoms with van der Waals surface area (Å²) in [6, 6.07) is 19.8. The number of aryl methyl sites for hydroxylation is 1. The van der Waals surface area contributed by atoms with Gasteiger partial charge in [0.15, 0.2) is 11.5 Å². The molecule has 6 rings (SSSR count). The van der Waals surface area contributed by atoms with Crippen LogP contribution in [0.5, 0.6) is 17.2 Å². The predicted octanol–water partition coefficient (Wildman–Crippen LogP) is 5.70. The van der Waals surface area contributed by atoms with Crippen LogP contribution in [0.4, 0.5) is 0 Å². The number of aliphatic hydroxyl groups excluding tert-OH is 1. The van der Waals surface area contributed by atoms with Crippen LogP contribution in [-0.4, -0.2) is 50.5 Å². The van der Waals surface area contributed by atoms with Crippen LogP contribution in [0.3, 0.4) is 0 Å². The molecule has 0 radical (unpaired) electrons. The van der Waals surface area contributed by atoms with Crippen molar-refractivity contribution in [3.63, 3.8) is 0 Å². The number of nitrogens with zero attached hydrogens (tertiary/aromatic N) is 3. The fourth-order valence-electron chi connectivity index (χ4n) is 5.84. The Morgan fingerprint density at radius 3 is 2.64 bits per heavy atom. The maximum atomic E-state index is 13.6. The molecule has 0 bridgehead atoms. The second kappa shape index (κ2) is 12.7. The molecule has 2 atom stereocenters. The lowest BCUT2D eigenvalue weighted by Crippen LogP contribution is -2.31. The third-order valence-electron chi connectivity index (χ3n) is 7.90. The van der Waals surface area contributed by atoms with Crippen LogP contribution in [0.15, 0.2) is 91.0 Å². The van der Waals surface area contributed by atoms with Crippen molar-refractivity contribution in [1.29, 1.82) is 0 Å². The number of carbonyl (C=O) groups excluding carboxylic acids is 2. The Morgan fingerprint density at radius 1 is 1.02 bits per heavy atom. The van der Waals surface area contributed by atoms with Gasteiger partial charge in [0.2, 0.25) is 0 Å². The van der Waals surface area contributed by atoms with Gasteiger partial charge in [0.1, 0.15) is 24.2 Å². The minimum Gasteiger partial charge on any atom is -0.507 e. The van der Waals surface area contributed by atoms with Crippen molar-refractivity contribution in [1.82, 2.24) is 14.5 Å². The van der Waals surface area contributed by atoms with Gasteiger partial charge >= 0.3 is 0 Å². The number of ether oxygens (including phenoxy) is 3. The van der Waals surface area contributed by atoms with E-state index in [1.54, 1.807) is 41.7 Å². The van der Waals surface area contributed by atoms with E-state index in [4.69, 9.17) is 14.2 Å². The zero-order valence-electron chi connectivity index (χ0n) is 24.8. The maximum Gasteiger partial charge on any atom is 0.295 e. The number of benzene rings is 3. The van der Waals surface area contributed by atoms with Crippen LogP contribution in [0.1, 0.15) is 48.6 Å². The third-order valence-corrected chi connectivity index (χ3v) is 7.90. The number of aliphatic hydroxyl groups is 1. The van der Waals surface area contributed by atoms with Gasteiger partial charge in [-0.2, -0.15) is 0 Å². The third kappa shape index (κ3) is 5.90. The molecule has 3 heterocycles. The number of ketones is 1. The van der Waals surface area contributed by atoms with Gasteiger partial charge < -0.3 is 28.8 Å². The van der Waals surface area contributed by atoms with Gasteiger partial charge in [0.25, 0.3) is 11.7 Å². The smallest absolute Gasteiger partial charge is 0.295 e. The first-order valence-electron chi connectivity index (χ1n) is 14.9. The van der Waals surface area contributed by atoms with Crippen molar-refractivity contribution in [2.24, 2.45) is 0 Å². The Bertz CT molecular complexity index is 1680. The Morgan fingerprint density at radius 2 is 1.86 bits per heavy atom. The summed E-state index contributed by atoms with van der Waals surface area (Å²) < 4.78 is 19.8. The van der Waals surface area contributed by atoms with Crippen molar-refractivity contribution in [3.05, 3.63) is 113 Å². The van der Waals surface area contributed by atoms with E-state index in [2.05, 4.69) is 4.98 Å². The Balaban J connectivity index is 1.37. The summed E-state index contributed by atoms with van der Waals surface area (Å²) in [5, 5.41) is 11.6. The largest absolute Gasteiger partial charge is 0.507 e. The summed E-state index contributed by atoms with van der Waals surface area (Å²) in [4.78, 5) is 32.8.